The standard InChI is InChI=1S/C15H18N2O2/c1-9-8-12(19-5)6-7-13(9)15(18)14-10(2)16-17(4)11(14)3/h6-8H,1-5H3. The Hall–Kier alpha value is -2.10. The van der Waals surface area contributed by atoms with Gasteiger partial charge in [0.1, 0.15) is 5.75 Å². The molecule has 0 unspecified atom stereocenters. The summed E-state index contributed by atoms with van der Waals surface area (Å²) in [6.45, 7) is 5.68. The summed E-state index contributed by atoms with van der Waals surface area (Å²) in [7, 11) is 3.46. The second-order valence-electron chi connectivity index (χ2n) is 4.68. The summed E-state index contributed by atoms with van der Waals surface area (Å²) in [6, 6.07) is 5.48. The predicted molar refractivity (Wildman–Crippen MR) is 73.8 cm³/mol. The normalized spacial score (nSPS) is 10.6. The molecule has 0 amide bonds. The van der Waals surface area contributed by atoms with Gasteiger partial charge in [-0.3, -0.25) is 9.48 Å². The third-order valence-electron chi connectivity index (χ3n) is 3.41. The van der Waals surface area contributed by atoms with Gasteiger partial charge in [0.2, 0.25) is 0 Å². The third kappa shape index (κ3) is 2.26. The van der Waals surface area contributed by atoms with Gasteiger partial charge in [-0.2, -0.15) is 5.10 Å². The monoisotopic (exact) mass is 258 g/mol. The maximum Gasteiger partial charge on any atom is 0.196 e. The Labute approximate surface area is 113 Å². The Bertz CT molecular complexity index is 642. The maximum atomic E-state index is 12.6. The minimum Gasteiger partial charge on any atom is -0.497 e. The molecule has 0 aliphatic heterocycles. The molecule has 0 spiro atoms. The van der Waals surface area contributed by atoms with E-state index < -0.39 is 0 Å². The SMILES string of the molecule is COc1ccc(C(=O)c2c(C)nn(C)c2C)c(C)c1. The molecule has 0 bridgehead atoms. The molecule has 2 rings (SSSR count). The van der Waals surface area contributed by atoms with E-state index in [4.69, 9.17) is 4.74 Å². The Morgan fingerprint density at radius 1 is 1.26 bits per heavy atom. The third-order valence-corrected chi connectivity index (χ3v) is 3.41. The van der Waals surface area contributed by atoms with Crippen LogP contribution in [0.25, 0.3) is 0 Å². The molecule has 0 saturated carbocycles. The van der Waals surface area contributed by atoms with Crippen molar-refractivity contribution in [1.29, 1.82) is 0 Å². The van der Waals surface area contributed by atoms with Gasteiger partial charge in [-0.1, -0.05) is 0 Å². The highest BCUT2D eigenvalue weighted by Crippen LogP contribution is 2.22. The maximum absolute atomic E-state index is 12.6. The average molecular weight is 258 g/mol. The summed E-state index contributed by atoms with van der Waals surface area (Å²) < 4.78 is 6.90. The second-order valence-corrected chi connectivity index (χ2v) is 4.68. The lowest BCUT2D eigenvalue weighted by molar-refractivity contribution is 0.103. The highest BCUT2D eigenvalue weighted by Gasteiger charge is 2.20. The molecule has 0 aliphatic carbocycles. The van der Waals surface area contributed by atoms with Crippen molar-refractivity contribution in [2.24, 2.45) is 7.05 Å². The van der Waals surface area contributed by atoms with Gasteiger partial charge in [0.25, 0.3) is 0 Å². The zero-order chi connectivity index (χ0) is 14.2. The number of benzene rings is 1. The second kappa shape index (κ2) is 4.88. The predicted octanol–water partition coefficient (Wildman–Crippen LogP) is 2.58. The molecule has 0 aliphatic rings. The fourth-order valence-corrected chi connectivity index (χ4v) is 2.25. The number of hydrogen-bond acceptors (Lipinski definition) is 3. The summed E-state index contributed by atoms with van der Waals surface area (Å²) in [5.74, 6) is 0.775. The quantitative estimate of drug-likeness (QED) is 0.795. The first-order valence-electron chi connectivity index (χ1n) is 6.15. The number of nitrogens with zero attached hydrogens (tertiary/aromatic N) is 2. The molecule has 4 heteroatoms. The number of rotatable bonds is 3. The minimum atomic E-state index is 0.0169. The van der Waals surface area contributed by atoms with Crippen LogP contribution in [0.5, 0.6) is 5.75 Å². The van der Waals surface area contributed by atoms with Gasteiger partial charge in [0.15, 0.2) is 5.78 Å². The van der Waals surface area contributed by atoms with Gasteiger partial charge in [0.05, 0.1) is 18.4 Å². The average Bonchev–Trinajstić information content (AvgIpc) is 2.62. The summed E-state index contributed by atoms with van der Waals surface area (Å²) in [5.41, 5.74) is 3.95. The summed E-state index contributed by atoms with van der Waals surface area (Å²) >= 11 is 0. The number of carbonyl (C=O) groups is 1. The first-order chi connectivity index (χ1) is 8.95. The van der Waals surface area contributed by atoms with Crippen LogP contribution in [0.4, 0.5) is 0 Å². The lowest BCUT2D eigenvalue weighted by Crippen LogP contribution is -2.07. The van der Waals surface area contributed by atoms with E-state index in [0.29, 0.717) is 11.1 Å². The summed E-state index contributed by atoms with van der Waals surface area (Å²) in [4.78, 5) is 12.6. The smallest absolute Gasteiger partial charge is 0.196 e. The molecule has 0 N–H and O–H groups in total. The minimum absolute atomic E-state index is 0.0169. The Balaban J connectivity index is 2.50. The number of ketones is 1. The van der Waals surface area contributed by atoms with Crippen molar-refractivity contribution in [3.63, 3.8) is 0 Å². The van der Waals surface area contributed by atoms with E-state index in [9.17, 15) is 4.79 Å². The molecule has 0 atom stereocenters. The molecule has 1 aromatic carbocycles. The largest absolute Gasteiger partial charge is 0.497 e. The molecule has 100 valence electrons. The van der Waals surface area contributed by atoms with E-state index >= 15 is 0 Å². The molecular formula is C15H18N2O2. The number of hydrogen-bond donors (Lipinski definition) is 0. The number of carbonyl (C=O) groups excluding carboxylic acids is 1. The van der Waals surface area contributed by atoms with Crippen molar-refractivity contribution in [2.45, 2.75) is 20.8 Å². The lowest BCUT2D eigenvalue weighted by Gasteiger charge is -2.07. The van der Waals surface area contributed by atoms with Gasteiger partial charge in [-0.05, 0) is 44.5 Å². The van der Waals surface area contributed by atoms with Gasteiger partial charge >= 0.3 is 0 Å². The molecule has 0 saturated heterocycles. The fraction of sp³-hybridized carbons (Fsp3) is 0.333. The summed E-state index contributed by atoms with van der Waals surface area (Å²) in [5, 5.41) is 4.29. The van der Waals surface area contributed by atoms with Gasteiger partial charge in [-0.25, -0.2) is 0 Å². The van der Waals surface area contributed by atoms with Crippen LogP contribution in [-0.4, -0.2) is 22.7 Å². The van der Waals surface area contributed by atoms with Crippen molar-refractivity contribution in [3.8, 4) is 5.75 Å². The Kier molecular flexibility index (Phi) is 3.42. The Morgan fingerprint density at radius 2 is 1.95 bits per heavy atom. The first-order valence-corrected chi connectivity index (χ1v) is 6.15. The van der Waals surface area contributed by atoms with Crippen molar-refractivity contribution in [2.75, 3.05) is 7.11 Å². The van der Waals surface area contributed by atoms with Crippen LogP contribution in [0.1, 0.15) is 32.9 Å². The summed E-state index contributed by atoms with van der Waals surface area (Å²) in [6.07, 6.45) is 0. The highest BCUT2D eigenvalue weighted by atomic mass is 16.5. The van der Waals surface area contributed by atoms with E-state index in [0.717, 1.165) is 22.7 Å². The molecule has 1 heterocycles. The Morgan fingerprint density at radius 3 is 2.42 bits per heavy atom. The molecule has 0 fully saturated rings. The molecule has 4 nitrogen and oxygen atoms in total. The van der Waals surface area contributed by atoms with E-state index in [-0.39, 0.29) is 5.78 Å². The van der Waals surface area contributed by atoms with Crippen molar-refractivity contribution in [3.05, 3.63) is 46.3 Å². The zero-order valence-corrected chi connectivity index (χ0v) is 11.9. The highest BCUT2D eigenvalue weighted by molar-refractivity contribution is 6.11. The molecule has 0 radical (unpaired) electrons. The number of aryl methyl sites for hydroxylation is 3. The molecule has 2 aromatic rings. The first kappa shape index (κ1) is 13.3. The number of methoxy groups -OCH3 is 1. The van der Waals surface area contributed by atoms with Crippen LogP contribution in [0.2, 0.25) is 0 Å². The van der Waals surface area contributed by atoms with Crippen molar-refractivity contribution in [1.82, 2.24) is 9.78 Å². The molecular weight excluding hydrogens is 240 g/mol. The van der Waals surface area contributed by atoms with Crippen molar-refractivity contribution >= 4 is 5.78 Å². The van der Waals surface area contributed by atoms with Gasteiger partial charge in [-0.15, -0.1) is 0 Å². The van der Waals surface area contributed by atoms with Crippen LogP contribution in [0.3, 0.4) is 0 Å². The van der Waals surface area contributed by atoms with E-state index in [2.05, 4.69) is 5.10 Å². The van der Waals surface area contributed by atoms with Crippen LogP contribution in [-0.2, 0) is 7.05 Å². The van der Waals surface area contributed by atoms with Crippen LogP contribution >= 0.6 is 0 Å². The lowest BCUT2D eigenvalue weighted by atomic mass is 9.97. The fourth-order valence-electron chi connectivity index (χ4n) is 2.25. The zero-order valence-electron chi connectivity index (χ0n) is 11.9. The van der Waals surface area contributed by atoms with Crippen LogP contribution < -0.4 is 4.74 Å². The van der Waals surface area contributed by atoms with Crippen LogP contribution in [0, 0.1) is 20.8 Å². The van der Waals surface area contributed by atoms with Crippen LogP contribution in [0.15, 0.2) is 18.2 Å². The molecule has 19 heavy (non-hydrogen) atoms. The van der Waals surface area contributed by atoms with Crippen molar-refractivity contribution < 1.29 is 9.53 Å². The van der Waals surface area contributed by atoms with Gasteiger partial charge < -0.3 is 4.74 Å². The van der Waals surface area contributed by atoms with E-state index in [1.807, 2.05) is 40.0 Å². The number of aromatic nitrogens is 2. The molecule has 1 aromatic heterocycles. The van der Waals surface area contributed by atoms with Gasteiger partial charge in [0, 0.05) is 18.3 Å². The van der Waals surface area contributed by atoms with E-state index in [1.165, 1.54) is 0 Å². The number of ether oxygens (including phenoxy) is 1. The topological polar surface area (TPSA) is 44.1 Å². The van der Waals surface area contributed by atoms with E-state index in [1.54, 1.807) is 17.9 Å².